The number of hydrogen-bond donors (Lipinski definition) is 1. The molecule has 0 spiro atoms. The Morgan fingerprint density at radius 2 is 2.12 bits per heavy atom. The van der Waals surface area contributed by atoms with Gasteiger partial charge in [-0.3, -0.25) is 14.7 Å². The van der Waals surface area contributed by atoms with Gasteiger partial charge in [-0.25, -0.2) is 0 Å². The van der Waals surface area contributed by atoms with Crippen molar-refractivity contribution >= 4 is 5.97 Å². The highest BCUT2D eigenvalue weighted by molar-refractivity contribution is 5.73. The lowest BCUT2D eigenvalue weighted by Gasteiger charge is -2.26. The van der Waals surface area contributed by atoms with Gasteiger partial charge >= 0.3 is 5.97 Å². The van der Waals surface area contributed by atoms with E-state index in [9.17, 15) is 9.90 Å². The second kappa shape index (κ2) is 5.77. The Kier molecular flexibility index (Phi) is 4.09. The largest absolute Gasteiger partial charge is 0.480 e. The van der Waals surface area contributed by atoms with E-state index in [1.807, 2.05) is 12.1 Å². The van der Waals surface area contributed by atoms with E-state index in [1.54, 1.807) is 12.4 Å². The zero-order chi connectivity index (χ0) is 12.1. The van der Waals surface area contributed by atoms with Crippen LogP contribution in [0.1, 0.15) is 31.2 Å². The highest BCUT2D eigenvalue weighted by Gasteiger charge is 2.26. The Bertz CT molecular complexity index is 367. The summed E-state index contributed by atoms with van der Waals surface area (Å²) in [6, 6.07) is 3.57. The molecule has 1 aliphatic heterocycles. The summed E-state index contributed by atoms with van der Waals surface area (Å²) in [7, 11) is 0. The average Bonchev–Trinajstić information content (AvgIpc) is 2.56. The first kappa shape index (κ1) is 12.0. The van der Waals surface area contributed by atoms with Gasteiger partial charge in [0.05, 0.1) is 0 Å². The van der Waals surface area contributed by atoms with Gasteiger partial charge in [-0.2, -0.15) is 0 Å². The van der Waals surface area contributed by atoms with Crippen molar-refractivity contribution in [2.24, 2.45) is 0 Å². The third kappa shape index (κ3) is 3.27. The third-order valence-electron chi connectivity index (χ3n) is 3.28. The topological polar surface area (TPSA) is 53.4 Å². The van der Waals surface area contributed by atoms with Gasteiger partial charge in [0.2, 0.25) is 0 Å². The number of carboxylic acids is 1. The molecular weight excluding hydrogens is 216 g/mol. The Morgan fingerprint density at radius 3 is 2.82 bits per heavy atom. The van der Waals surface area contributed by atoms with Crippen LogP contribution in [-0.4, -0.2) is 33.5 Å². The number of nitrogens with zero attached hydrogens (tertiary/aromatic N) is 2. The molecule has 2 rings (SSSR count). The van der Waals surface area contributed by atoms with E-state index in [-0.39, 0.29) is 6.04 Å². The number of aromatic nitrogens is 1. The van der Waals surface area contributed by atoms with E-state index >= 15 is 0 Å². The van der Waals surface area contributed by atoms with E-state index < -0.39 is 5.97 Å². The summed E-state index contributed by atoms with van der Waals surface area (Å²) in [4.78, 5) is 17.3. The van der Waals surface area contributed by atoms with Crippen LogP contribution in [0.4, 0.5) is 0 Å². The van der Waals surface area contributed by atoms with Crippen LogP contribution in [0, 0.1) is 0 Å². The SMILES string of the molecule is O=C(O)C1CCCCCN1Cc1ccncc1. The molecule has 1 aromatic heterocycles. The first-order valence-electron chi connectivity index (χ1n) is 6.13. The van der Waals surface area contributed by atoms with Crippen LogP contribution in [0.25, 0.3) is 0 Å². The normalized spacial score (nSPS) is 22.0. The van der Waals surface area contributed by atoms with E-state index in [0.29, 0.717) is 6.54 Å². The molecular formula is C13H18N2O2. The molecule has 1 atom stereocenters. The summed E-state index contributed by atoms with van der Waals surface area (Å²) in [5, 5.41) is 9.26. The van der Waals surface area contributed by atoms with Gasteiger partial charge in [0.1, 0.15) is 6.04 Å². The monoisotopic (exact) mass is 234 g/mol. The Labute approximate surface area is 101 Å². The third-order valence-corrected chi connectivity index (χ3v) is 3.28. The van der Waals surface area contributed by atoms with Crippen molar-refractivity contribution in [2.45, 2.75) is 38.3 Å². The fraction of sp³-hybridized carbons (Fsp3) is 0.538. The maximum atomic E-state index is 11.3. The van der Waals surface area contributed by atoms with Crippen LogP contribution in [0.5, 0.6) is 0 Å². The standard InChI is InChI=1S/C13H18N2O2/c16-13(17)12-4-2-1-3-9-15(12)10-11-5-7-14-8-6-11/h5-8,12H,1-4,9-10H2,(H,16,17). The molecule has 0 aromatic carbocycles. The van der Waals surface area contributed by atoms with E-state index in [0.717, 1.165) is 37.8 Å². The predicted molar refractivity (Wildman–Crippen MR) is 64.5 cm³/mol. The smallest absolute Gasteiger partial charge is 0.320 e. The maximum absolute atomic E-state index is 11.3. The summed E-state index contributed by atoms with van der Waals surface area (Å²) < 4.78 is 0. The summed E-state index contributed by atoms with van der Waals surface area (Å²) in [5.41, 5.74) is 1.13. The molecule has 1 aliphatic rings. The first-order valence-corrected chi connectivity index (χ1v) is 6.13. The first-order chi connectivity index (χ1) is 8.27. The molecule has 17 heavy (non-hydrogen) atoms. The van der Waals surface area contributed by atoms with Crippen molar-refractivity contribution in [3.05, 3.63) is 30.1 Å². The number of aliphatic carboxylic acids is 1. The number of hydrogen-bond acceptors (Lipinski definition) is 3. The van der Waals surface area contributed by atoms with E-state index in [2.05, 4.69) is 9.88 Å². The second-order valence-corrected chi connectivity index (χ2v) is 4.53. The maximum Gasteiger partial charge on any atom is 0.320 e. The molecule has 4 heteroatoms. The van der Waals surface area contributed by atoms with Crippen molar-refractivity contribution in [1.29, 1.82) is 0 Å². The lowest BCUT2D eigenvalue weighted by Crippen LogP contribution is -2.40. The number of carbonyl (C=O) groups is 1. The summed E-state index contributed by atoms with van der Waals surface area (Å²) >= 11 is 0. The minimum absolute atomic E-state index is 0.328. The molecule has 2 heterocycles. The van der Waals surface area contributed by atoms with Gasteiger partial charge in [0, 0.05) is 18.9 Å². The van der Waals surface area contributed by atoms with Crippen molar-refractivity contribution < 1.29 is 9.90 Å². The number of pyridine rings is 1. The van der Waals surface area contributed by atoms with Crippen LogP contribution in [0.15, 0.2) is 24.5 Å². The minimum atomic E-state index is -0.694. The lowest BCUT2D eigenvalue weighted by atomic mass is 10.1. The molecule has 1 fully saturated rings. The molecule has 0 aliphatic carbocycles. The van der Waals surface area contributed by atoms with E-state index in [1.165, 1.54) is 0 Å². The van der Waals surface area contributed by atoms with Gasteiger partial charge < -0.3 is 5.11 Å². The minimum Gasteiger partial charge on any atom is -0.480 e. The molecule has 4 nitrogen and oxygen atoms in total. The predicted octanol–water partition coefficient (Wildman–Crippen LogP) is 1.91. The lowest BCUT2D eigenvalue weighted by molar-refractivity contribution is -0.143. The van der Waals surface area contributed by atoms with Crippen molar-refractivity contribution in [3.63, 3.8) is 0 Å². The molecule has 1 unspecified atom stereocenters. The molecule has 92 valence electrons. The van der Waals surface area contributed by atoms with Crippen LogP contribution >= 0.6 is 0 Å². The molecule has 1 aromatic rings. The van der Waals surface area contributed by atoms with Gasteiger partial charge in [-0.05, 0) is 37.1 Å². The van der Waals surface area contributed by atoms with Crippen molar-refractivity contribution in [2.75, 3.05) is 6.54 Å². The second-order valence-electron chi connectivity index (χ2n) is 4.53. The van der Waals surface area contributed by atoms with Crippen LogP contribution in [-0.2, 0) is 11.3 Å². The summed E-state index contributed by atoms with van der Waals surface area (Å²) in [6.07, 6.45) is 7.52. The fourth-order valence-corrected chi connectivity index (χ4v) is 2.36. The Morgan fingerprint density at radius 1 is 1.35 bits per heavy atom. The summed E-state index contributed by atoms with van der Waals surface area (Å²) in [6.45, 7) is 1.58. The molecule has 0 saturated carbocycles. The Hall–Kier alpha value is -1.42. The number of likely N-dealkylation sites (tertiary alicyclic amines) is 1. The van der Waals surface area contributed by atoms with Crippen LogP contribution in [0.3, 0.4) is 0 Å². The Balaban J connectivity index is 2.07. The average molecular weight is 234 g/mol. The van der Waals surface area contributed by atoms with Crippen molar-refractivity contribution in [1.82, 2.24) is 9.88 Å². The molecule has 0 amide bonds. The highest BCUT2D eigenvalue weighted by atomic mass is 16.4. The fourth-order valence-electron chi connectivity index (χ4n) is 2.36. The quantitative estimate of drug-likeness (QED) is 0.868. The number of carboxylic acid groups (broad SMARTS) is 1. The molecule has 1 saturated heterocycles. The van der Waals surface area contributed by atoms with E-state index in [4.69, 9.17) is 0 Å². The zero-order valence-corrected chi connectivity index (χ0v) is 9.88. The van der Waals surface area contributed by atoms with Gasteiger partial charge in [-0.1, -0.05) is 12.8 Å². The highest BCUT2D eigenvalue weighted by Crippen LogP contribution is 2.19. The molecule has 0 radical (unpaired) electrons. The molecule has 1 N–H and O–H groups in total. The van der Waals surface area contributed by atoms with Gasteiger partial charge in [-0.15, -0.1) is 0 Å². The van der Waals surface area contributed by atoms with Crippen LogP contribution in [0.2, 0.25) is 0 Å². The van der Waals surface area contributed by atoms with Gasteiger partial charge in [0.25, 0.3) is 0 Å². The van der Waals surface area contributed by atoms with Crippen LogP contribution < -0.4 is 0 Å². The summed E-state index contributed by atoms with van der Waals surface area (Å²) in [5.74, 6) is -0.694. The molecule has 0 bridgehead atoms. The van der Waals surface area contributed by atoms with Crippen molar-refractivity contribution in [3.8, 4) is 0 Å². The van der Waals surface area contributed by atoms with Gasteiger partial charge in [0.15, 0.2) is 0 Å². The zero-order valence-electron chi connectivity index (χ0n) is 9.88. The number of rotatable bonds is 3.